The van der Waals surface area contributed by atoms with Gasteiger partial charge in [-0.1, -0.05) is 0 Å². The number of hydrogen-bond acceptors (Lipinski definition) is 12. The number of rotatable bonds is 11. The third kappa shape index (κ3) is 8.46. The van der Waals surface area contributed by atoms with Crippen LogP contribution < -0.4 is 28.4 Å². The van der Waals surface area contributed by atoms with E-state index in [2.05, 4.69) is 0 Å². The average Bonchev–Trinajstić information content (AvgIpc) is 3.01. The summed E-state index contributed by atoms with van der Waals surface area (Å²) in [5.41, 5.74) is -1.27. The van der Waals surface area contributed by atoms with Gasteiger partial charge in [-0.2, -0.15) is 5.26 Å². The van der Waals surface area contributed by atoms with Crippen molar-refractivity contribution < 1.29 is 47.7 Å². The fraction of sp³-hybridized carbons (Fsp3) is 0.200. The first-order valence-corrected chi connectivity index (χ1v) is 12.9. The lowest BCUT2D eigenvalue weighted by atomic mass is 10.1. The summed E-state index contributed by atoms with van der Waals surface area (Å²) in [5, 5.41) is 21.7. The van der Waals surface area contributed by atoms with Crippen molar-refractivity contribution in [2.45, 2.75) is 13.8 Å². The quantitative estimate of drug-likeness (QED) is 0.0666. The number of nitrogens with zero attached hydrogens (tertiary/aromatic N) is 3. The Kier molecular flexibility index (Phi) is 11.2. The number of methoxy groups -OCH3 is 2. The van der Waals surface area contributed by atoms with Gasteiger partial charge in [-0.3, -0.25) is 14.9 Å². The molecular weight excluding hydrogens is 578 g/mol. The van der Waals surface area contributed by atoms with Crippen LogP contribution in [0.4, 0.5) is 15.3 Å². The van der Waals surface area contributed by atoms with Crippen LogP contribution in [0.1, 0.15) is 19.4 Å². The summed E-state index contributed by atoms with van der Waals surface area (Å²) in [4.78, 5) is 50.7. The molecule has 1 amide bonds. The largest absolute Gasteiger partial charge is 0.519 e. The number of nitro benzene ring substituents is 1. The van der Waals surface area contributed by atoms with Crippen LogP contribution in [0.3, 0.4) is 0 Å². The average molecular weight is 606 g/mol. The molecule has 0 atom stereocenters. The number of nitriles is 1. The van der Waals surface area contributed by atoms with Crippen LogP contribution in [0.15, 0.2) is 66.2 Å². The van der Waals surface area contributed by atoms with Gasteiger partial charge in [0.1, 0.15) is 34.6 Å². The molecule has 0 unspecified atom stereocenters. The van der Waals surface area contributed by atoms with E-state index in [1.165, 1.54) is 67.7 Å². The van der Waals surface area contributed by atoms with Gasteiger partial charge in [0.25, 0.3) is 11.7 Å². The molecule has 0 saturated heterocycles. The van der Waals surface area contributed by atoms with Crippen molar-refractivity contribution in [1.82, 2.24) is 4.90 Å². The zero-order chi connectivity index (χ0) is 32.2. The van der Waals surface area contributed by atoms with Gasteiger partial charge in [0.05, 0.1) is 19.1 Å². The summed E-state index contributed by atoms with van der Waals surface area (Å²) in [7, 11) is 2.90. The van der Waals surface area contributed by atoms with Crippen LogP contribution in [0.5, 0.6) is 34.5 Å². The lowest BCUT2D eigenvalue weighted by Gasteiger charge is -2.17. The molecule has 3 aromatic rings. The van der Waals surface area contributed by atoms with Crippen LogP contribution in [-0.2, 0) is 4.79 Å². The molecule has 0 fully saturated rings. The summed E-state index contributed by atoms with van der Waals surface area (Å²) in [6, 6.07) is 15.4. The first-order chi connectivity index (χ1) is 21.1. The van der Waals surface area contributed by atoms with Crippen molar-refractivity contribution in [1.29, 1.82) is 5.26 Å². The molecule has 0 N–H and O–H groups in total. The molecule has 0 aliphatic carbocycles. The number of likely N-dealkylation sites (N-methyl/N-ethyl adjacent to an activating group) is 1. The van der Waals surface area contributed by atoms with Crippen molar-refractivity contribution in [3.63, 3.8) is 0 Å². The fourth-order valence-corrected chi connectivity index (χ4v) is 3.69. The van der Waals surface area contributed by atoms with Crippen LogP contribution in [-0.4, -0.2) is 55.4 Å². The van der Waals surface area contributed by atoms with E-state index in [0.29, 0.717) is 24.6 Å². The molecule has 0 heterocycles. The predicted octanol–water partition coefficient (Wildman–Crippen LogP) is 5.54. The Morgan fingerprint density at radius 3 is 1.73 bits per heavy atom. The molecule has 14 nitrogen and oxygen atoms in total. The van der Waals surface area contributed by atoms with Gasteiger partial charge >= 0.3 is 18.0 Å². The highest BCUT2D eigenvalue weighted by atomic mass is 16.7. The molecule has 0 aliphatic rings. The smallest absolute Gasteiger partial charge is 0.497 e. The van der Waals surface area contributed by atoms with Crippen LogP contribution >= 0.6 is 0 Å². The first kappa shape index (κ1) is 32.4. The van der Waals surface area contributed by atoms with E-state index in [4.69, 9.17) is 28.4 Å². The number of benzene rings is 3. The van der Waals surface area contributed by atoms with Gasteiger partial charge in [-0.15, -0.1) is 0 Å². The minimum absolute atomic E-state index is 0.0213. The molecule has 228 valence electrons. The summed E-state index contributed by atoms with van der Waals surface area (Å²) in [6.45, 7) is 4.06. The molecule has 0 bridgehead atoms. The maximum Gasteiger partial charge on any atom is 0.519 e. The SMILES string of the molecule is CCN(CC)C(=O)/C(C#N)=C/c1cc(OC(=O)Oc2ccc(OC)cc2)c(OC(=O)Oc2ccc(OC)cc2)c([N+](=O)[O-])c1. The van der Waals surface area contributed by atoms with Gasteiger partial charge in [0.2, 0.25) is 0 Å². The number of amides is 1. The van der Waals surface area contributed by atoms with Crippen molar-refractivity contribution in [2.75, 3.05) is 27.3 Å². The molecule has 0 aromatic heterocycles. The van der Waals surface area contributed by atoms with Crippen LogP contribution in [0.25, 0.3) is 6.08 Å². The second-order valence-electron chi connectivity index (χ2n) is 8.53. The van der Waals surface area contributed by atoms with E-state index in [0.717, 1.165) is 18.2 Å². The second kappa shape index (κ2) is 15.2. The minimum atomic E-state index is -1.40. The Hall–Kier alpha value is -6.10. The summed E-state index contributed by atoms with van der Waals surface area (Å²) < 4.78 is 30.7. The molecule has 0 spiro atoms. The topological polar surface area (TPSA) is 177 Å². The molecular formula is C30H27N3O11. The number of nitro groups is 1. The van der Waals surface area contributed by atoms with Crippen molar-refractivity contribution in [3.8, 4) is 40.6 Å². The molecule has 3 rings (SSSR count). The molecule has 44 heavy (non-hydrogen) atoms. The Bertz CT molecular complexity index is 1590. The number of carbonyl (C=O) groups excluding carboxylic acids is 3. The third-order valence-electron chi connectivity index (χ3n) is 5.87. The number of ether oxygens (including phenoxy) is 6. The highest BCUT2D eigenvalue weighted by Gasteiger charge is 2.28. The van der Waals surface area contributed by atoms with Crippen molar-refractivity contribution in [2.24, 2.45) is 0 Å². The lowest BCUT2D eigenvalue weighted by molar-refractivity contribution is -0.385. The lowest BCUT2D eigenvalue weighted by Crippen LogP contribution is -2.31. The van der Waals surface area contributed by atoms with E-state index in [9.17, 15) is 29.8 Å². The zero-order valence-electron chi connectivity index (χ0n) is 24.1. The first-order valence-electron chi connectivity index (χ1n) is 12.9. The third-order valence-corrected chi connectivity index (χ3v) is 5.87. The Morgan fingerprint density at radius 2 is 1.30 bits per heavy atom. The van der Waals surface area contributed by atoms with Gasteiger partial charge in [-0.25, -0.2) is 9.59 Å². The van der Waals surface area contributed by atoms with Crippen LogP contribution in [0, 0.1) is 21.4 Å². The van der Waals surface area contributed by atoms with E-state index >= 15 is 0 Å². The van der Waals surface area contributed by atoms with E-state index in [1.54, 1.807) is 19.9 Å². The summed E-state index contributed by atoms with van der Waals surface area (Å²) in [6.07, 6.45) is -1.67. The Morgan fingerprint density at radius 1 is 0.818 bits per heavy atom. The normalized spacial score (nSPS) is 10.6. The highest BCUT2D eigenvalue weighted by Crippen LogP contribution is 2.40. The van der Waals surface area contributed by atoms with E-state index in [-0.39, 0.29) is 22.6 Å². The molecule has 0 saturated carbocycles. The van der Waals surface area contributed by atoms with Gasteiger partial charge in [-0.05, 0) is 80.1 Å². The second-order valence-corrected chi connectivity index (χ2v) is 8.53. The predicted molar refractivity (Wildman–Crippen MR) is 154 cm³/mol. The molecule has 0 aliphatic heterocycles. The number of carbonyl (C=O) groups is 3. The van der Waals surface area contributed by atoms with Gasteiger partial charge in [0.15, 0.2) is 5.75 Å². The maximum atomic E-state index is 12.8. The van der Waals surface area contributed by atoms with Crippen LogP contribution in [0.2, 0.25) is 0 Å². The van der Waals surface area contributed by atoms with Crippen molar-refractivity contribution >= 4 is 30.0 Å². The van der Waals surface area contributed by atoms with Gasteiger partial charge < -0.3 is 33.3 Å². The van der Waals surface area contributed by atoms with Crippen molar-refractivity contribution in [3.05, 3.63) is 81.9 Å². The van der Waals surface area contributed by atoms with E-state index < -0.39 is 40.3 Å². The molecule has 3 aromatic carbocycles. The number of hydrogen-bond donors (Lipinski definition) is 0. The maximum absolute atomic E-state index is 12.8. The Balaban J connectivity index is 2.04. The standard InChI is InChI=1S/C30H27N3O11/c1-5-32(6-2)28(34)20(18-31)15-19-16-25(33(37)38)27(44-30(36)42-24-13-9-22(40-4)10-14-24)26(17-19)43-29(35)41-23-11-7-21(39-3)8-12-23/h7-17H,5-6H2,1-4H3/b20-15+. The zero-order valence-corrected chi connectivity index (χ0v) is 24.1. The minimum Gasteiger partial charge on any atom is -0.497 e. The fourth-order valence-electron chi connectivity index (χ4n) is 3.69. The van der Waals surface area contributed by atoms with Gasteiger partial charge in [0, 0.05) is 19.2 Å². The molecule has 14 heteroatoms. The highest BCUT2D eigenvalue weighted by molar-refractivity contribution is 6.02. The molecule has 0 radical (unpaired) electrons. The Labute approximate surface area is 251 Å². The van der Waals surface area contributed by atoms with E-state index in [1.807, 2.05) is 0 Å². The monoisotopic (exact) mass is 605 g/mol. The summed E-state index contributed by atoms with van der Waals surface area (Å²) in [5.74, 6) is -1.03. The summed E-state index contributed by atoms with van der Waals surface area (Å²) >= 11 is 0.